The van der Waals surface area contributed by atoms with Crippen molar-refractivity contribution in [2.45, 2.75) is 43.0 Å². The van der Waals surface area contributed by atoms with Crippen LogP contribution in [0.3, 0.4) is 0 Å². The van der Waals surface area contributed by atoms with Gasteiger partial charge in [0.2, 0.25) is 0 Å². The number of halogens is 1. The average molecular weight is 302 g/mol. The zero-order valence-corrected chi connectivity index (χ0v) is 11.7. The molecule has 88 valence electrons. The average Bonchev–Trinajstić information content (AvgIpc) is 2.15. The maximum absolute atomic E-state index is 5.70. The van der Waals surface area contributed by atoms with Gasteiger partial charge >= 0.3 is 0 Å². The third-order valence-corrected chi connectivity index (χ3v) is 4.42. The molecule has 0 aliphatic heterocycles. The summed E-state index contributed by atoms with van der Waals surface area (Å²) in [5, 5.41) is 1.45. The minimum Gasteiger partial charge on any atom is -0.384 e. The van der Waals surface area contributed by atoms with Crippen molar-refractivity contribution in [3.05, 3.63) is 10.7 Å². The molecule has 0 amide bonds. The van der Waals surface area contributed by atoms with Crippen LogP contribution in [0.1, 0.15) is 32.6 Å². The maximum atomic E-state index is 5.70. The fourth-order valence-corrected chi connectivity index (χ4v) is 3.94. The molecule has 1 aromatic heterocycles. The molecule has 2 rings (SSSR count). The molecule has 2 N–H and O–H groups in total. The molecule has 0 bridgehead atoms. The quantitative estimate of drug-likeness (QED) is 0.671. The van der Waals surface area contributed by atoms with Gasteiger partial charge in [-0.05, 0) is 34.7 Å². The highest BCUT2D eigenvalue weighted by molar-refractivity contribution is 9.10. The molecule has 0 aromatic carbocycles. The van der Waals surface area contributed by atoms with Gasteiger partial charge in [0.25, 0.3) is 0 Å². The zero-order chi connectivity index (χ0) is 11.5. The summed E-state index contributed by atoms with van der Waals surface area (Å²) in [6, 6.07) is 1.73. The lowest BCUT2D eigenvalue weighted by Gasteiger charge is -2.25. The van der Waals surface area contributed by atoms with Gasteiger partial charge in [0.15, 0.2) is 5.16 Å². The van der Waals surface area contributed by atoms with Gasteiger partial charge in [0.05, 0.1) is 0 Å². The first kappa shape index (κ1) is 12.2. The highest BCUT2D eigenvalue weighted by Gasteiger charge is 2.20. The molecule has 2 atom stereocenters. The van der Waals surface area contributed by atoms with Gasteiger partial charge in [-0.1, -0.05) is 31.5 Å². The second-order valence-electron chi connectivity index (χ2n) is 4.41. The minimum atomic E-state index is 0.535. The Morgan fingerprint density at radius 2 is 2.25 bits per heavy atom. The van der Waals surface area contributed by atoms with Crippen LogP contribution < -0.4 is 5.73 Å². The highest BCUT2D eigenvalue weighted by Crippen LogP contribution is 2.35. The SMILES string of the molecule is CC1CCCC(Sc2nc(N)cc(Br)n2)C1. The number of hydrogen-bond donors (Lipinski definition) is 1. The second kappa shape index (κ2) is 5.36. The lowest BCUT2D eigenvalue weighted by Crippen LogP contribution is -2.15. The molecule has 2 unspecified atom stereocenters. The van der Waals surface area contributed by atoms with Gasteiger partial charge in [0, 0.05) is 11.3 Å². The number of anilines is 1. The van der Waals surface area contributed by atoms with Crippen molar-refractivity contribution in [2.75, 3.05) is 5.73 Å². The second-order valence-corrected chi connectivity index (χ2v) is 6.49. The number of aromatic nitrogens is 2. The van der Waals surface area contributed by atoms with Crippen LogP contribution in [0.4, 0.5) is 5.82 Å². The summed E-state index contributed by atoms with van der Waals surface area (Å²) in [5.41, 5.74) is 5.70. The fourth-order valence-electron chi connectivity index (χ4n) is 2.10. The molecule has 16 heavy (non-hydrogen) atoms. The number of nitrogens with two attached hydrogens (primary N) is 1. The van der Waals surface area contributed by atoms with E-state index < -0.39 is 0 Å². The summed E-state index contributed by atoms with van der Waals surface area (Å²) < 4.78 is 0.770. The first-order chi connectivity index (χ1) is 7.63. The lowest BCUT2D eigenvalue weighted by molar-refractivity contribution is 0.394. The molecule has 1 fully saturated rings. The molecule has 3 nitrogen and oxygen atoms in total. The highest BCUT2D eigenvalue weighted by atomic mass is 79.9. The van der Waals surface area contributed by atoms with Gasteiger partial charge < -0.3 is 5.73 Å². The Bertz CT molecular complexity index is 352. The van der Waals surface area contributed by atoms with E-state index in [1.54, 1.807) is 17.8 Å². The van der Waals surface area contributed by atoms with E-state index in [-0.39, 0.29) is 0 Å². The van der Waals surface area contributed by atoms with E-state index in [4.69, 9.17) is 5.73 Å². The minimum absolute atomic E-state index is 0.535. The number of thioether (sulfide) groups is 1. The van der Waals surface area contributed by atoms with Crippen molar-refractivity contribution in [1.29, 1.82) is 0 Å². The molecule has 1 aliphatic rings. The Hall–Kier alpha value is -0.290. The lowest BCUT2D eigenvalue weighted by atomic mass is 9.91. The van der Waals surface area contributed by atoms with Gasteiger partial charge in [-0.25, -0.2) is 9.97 Å². The summed E-state index contributed by atoms with van der Waals surface area (Å²) in [6.45, 7) is 2.32. The van der Waals surface area contributed by atoms with E-state index in [2.05, 4.69) is 32.8 Å². The molecule has 0 spiro atoms. The van der Waals surface area contributed by atoms with Gasteiger partial charge in [-0.3, -0.25) is 0 Å². The van der Waals surface area contributed by atoms with Crippen LogP contribution in [0, 0.1) is 5.92 Å². The van der Waals surface area contributed by atoms with Crippen molar-refractivity contribution in [1.82, 2.24) is 9.97 Å². The molecule has 0 saturated heterocycles. The standard InChI is InChI=1S/C11H16BrN3S/c1-7-3-2-4-8(5-7)16-11-14-9(12)6-10(13)15-11/h6-8H,2-5H2,1H3,(H2,13,14,15). The summed E-state index contributed by atoms with van der Waals surface area (Å²) in [4.78, 5) is 8.59. The number of nitrogen functional groups attached to an aromatic ring is 1. The van der Waals surface area contributed by atoms with Gasteiger partial charge in [-0.15, -0.1) is 0 Å². The van der Waals surface area contributed by atoms with Crippen molar-refractivity contribution in [2.24, 2.45) is 5.92 Å². The predicted molar refractivity (Wildman–Crippen MR) is 71.4 cm³/mol. The van der Waals surface area contributed by atoms with Crippen LogP contribution >= 0.6 is 27.7 Å². The van der Waals surface area contributed by atoms with Crippen molar-refractivity contribution < 1.29 is 0 Å². The Labute approximate surface area is 109 Å². The molecule has 5 heteroatoms. The van der Waals surface area contributed by atoms with Crippen molar-refractivity contribution >= 4 is 33.5 Å². The normalized spacial score (nSPS) is 25.6. The number of hydrogen-bond acceptors (Lipinski definition) is 4. The molecule has 0 radical (unpaired) electrons. The summed E-state index contributed by atoms with van der Waals surface area (Å²) >= 11 is 5.11. The number of rotatable bonds is 2. The van der Waals surface area contributed by atoms with Gasteiger partial charge in [0.1, 0.15) is 10.4 Å². The van der Waals surface area contributed by atoms with Crippen LogP contribution in [-0.4, -0.2) is 15.2 Å². The van der Waals surface area contributed by atoms with Crippen LogP contribution in [0.15, 0.2) is 15.8 Å². The van der Waals surface area contributed by atoms with E-state index in [9.17, 15) is 0 Å². The molecular formula is C11H16BrN3S. The molecule has 1 aliphatic carbocycles. The first-order valence-corrected chi connectivity index (χ1v) is 7.27. The van der Waals surface area contributed by atoms with E-state index in [0.29, 0.717) is 11.1 Å². The van der Waals surface area contributed by atoms with E-state index >= 15 is 0 Å². The Morgan fingerprint density at radius 3 is 2.94 bits per heavy atom. The molecule has 1 heterocycles. The summed E-state index contributed by atoms with van der Waals surface area (Å²) in [6.07, 6.45) is 5.21. The molecule has 1 aromatic rings. The third-order valence-electron chi connectivity index (χ3n) is 2.85. The zero-order valence-electron chi connectivity index (χ0n) is 9.32. The first-order valence-electron chi connectivity index (χ1n) is 5.60. The molecule has 1 saturated carbocycles. The Morgan fingerprint density at radius 1 is 1.44 bits per heavy atom. The smallest absolute Gasteiger partial charge is 0.190 e. The Balaban J connectivity index is 2.02. The predicted octanol–water partition coefficient (Wildman–Crippen LogP) is 3.49. The molecular weight excluding hydrogens is 286 g/mol. The summed E-state index contributed by atoms with van der Waals surface area (Å²) in [5.74, 6) is 1.36. The largest absolute Gasteiger partial charge is 0.384 e. The summed E-state index contributed by atoms with van der Waals surface area (Å²) in [7, 11) is 0. The monoisotopic (exact) mass is 301 g/mol. The topological polar surface area (TPSA) is 51.8 Å². The van der Waals surface area contributed by atoms with E-state index in [1.165, 1.54) is 25.7 Å². The number of nitrogens with zero attached hydrogens (tertiary/aromatic N) is 2. The van der Waals surface area contributed by atoms with Crippen molar-refractivity contribution in [3.8, 4) is 0 Å². The third kappa shape index (κ3) is 3.35. The maximum Gasteiger partial charge on any atom is 0.190 e. The van der Waals surface area contributed by atoms with Crippen LogP contribution in [0.5, 0.6) is 0 Å². The van der Waals surface area contributed by atoms with Crippen LogP contribution in [0.25, 0.3) is 0 Å². The van der Waals surface area contributed by atoms with E-state index in [0.717, 1.165) is 15.7 Å². The fraction of sp³-hybridized carbons (Fsp3) is 0.636. The Kier molecular flexibility index (Phi) is 4.08. The van der Waals surface area contributed by atoms with Gasteiger partial charge in [-0.2, -0.15) is 0 Å². The van der Waals surface area contributed by atoms with E-state index in [1.807, 2.05) is 0 Å². The van der Waals surface area contributed by atoms with Crippen LogP contribution in [0.2, 0.25) is 0 Å². The van der Waals surface area contributed by atoms with Crippen molar-refractivity contribution in [3.63, 3.8) is 0 Å². The van der Waals surface area contributed by atoms with Crippen LogP contribution in [-0.2, 0) is 0 Å².